The Hall–Kier alpha value is -2.31. The highest BCUT2D eigenvalue weighted by Crippen LogP contribution is 2.28. The second kappa shape index (κ2) is 6.23. The molecule has 0 radical (unpaired) electrons. The lowest BCUT2D eigenvalue weighted by molar-refractivity contribution is 0.0492. The minimum Gasteiger partial charge on any atom is -0.457 e. The highest BCUT2D eigenvalue weighted by molar-refractivity contribution is 5.34. The van der Waals surface area contributed by atoms with Gasteiger partial charge >= 0.3 is 0 Å². The standard InChI is InChI=1S/C17H17NO2/c1-17(19,12-5-13-18)14-8-10-16(11-9-14)20-15-6-3-2-4-7-15/h2-4,6-11,19H,5,12H2,1H3. The highest BCUT2D eigenvalue weighted by Gasteiger charge is 2.22. The maximum atomic E-state index is 10.3. The zero-order chi connectivity index (χ0) is 14.4. The second-order valence-electron chi connectivity index (χ2n) is 4.87. The summed E-state index contributed by atoms with van der Waals surface area (Å²) in [6.45, 7) is 1.72. The smallest absolute Gasteiger partial charge is 0.127 e. The first-order valence-electron chi connectivity index (χ1n) is 6.54. The van der Waals surface area contributed by atoms with Gasteiger partial charge < -0.3 is 9.84 Å². The Morgan fingerprint density at radius 2 is 1.65 bits per heavy atom. The van der Waals surface area contributed by atoms with Crippen molar-refractivity contribution in [3.63, 3.8) is 0 Å². The van der Waals surface area contributed by atoms with Crippen LogP contribution < -0.4 is 4.74 Å². The molecular formula is C17H17NO2. The van der Waals surface area contributed by atoms with Crippen LogP contribution in [-0.4, -0.2) is 5.11 Å². The highest BCUT2D eigenvalue weighted by atomic mass is 16.5. The summed E-state index contributed by atoms with van der Waals surface area (Å²) in [5.41, 5.74) is -0.200. The maximum absolute atomic E-state index is 10.3. The number of aliphatic hydroxyl groups is 1. The predicted octanol–water partition coefficient (Wildman–Crippen LogP) is 3.99. The summed E-state index contributed by atoms with van der Waals surface area (Å²) >= 11 is 0. The first kappa shape index (κ1) is 14.1. The minimum atomic E-state index is -0.985. The van der Waals surface area contributed by atoms with Crippen LogP contribution in [0.3, 0.4) is 0 Å². The van der Waals surface area contributed by atoms with E-state index in [1.807, 2.05) is 54.6 Å². The molecule has 102 valence electrons. The monoisotopic (exact) mass is 267 g/mol. The molecule has 0 fully saturated rings. The van der Waals surface area contributed by atoms with Crippen LogP contribution in [0, 0.1) is 11.3 Å². The molecule has 0 aliphatic heterocycles. The van der Waals surface area contributed by atoms with E-state index in [2.05, 4.69) is 6.07 Å². The average molecular weight is 267 g/mol. The normalized spacial score (nSPS) is 13.2. The summed E-state index contributed by atoms with van der Waals surface area (Å²) < 4.78 is 5.69. The molecule has 0 spiro atoms. The molecule has 1 atom stereocenters. The molecule has 20 heavy (non-hydrogen) atoms. The molecule has 2 rings (SSSR count). The fourth-order valence-corrected chi connectivity index (χ4v) is 1.95. The fourth-order valence-electron chi connectivity index (χ4n) is 1.95. The largest absolute Gasteiger partial charge is 0.457 e. The molecule has 1 N–H and O–H groups in total. The van der Waals surface area contributed by atoms with E-state index in [-0.39, 0.29) is 0 Å². The number of nitrogens with zero attached hydrogens (tertiary/aromatic N) is 1. The third kappa shape index (κ3) is 3.59. The molecule has 0 bridgehead atoms. The van der Waals surface area contributed by atoms with Crippen LogP contribution >= 0.6 is 0 Å². The Kier molecular flexibility index (Phi) is 4.39. The molecule has 1 unspecified atom stereocenters. The third-order valence-corrected chi connectivity index (χ3v) is 3.18. The van der Waals surface area contributed by atoms with Gasteiger partial charge in [0, 0.05) is 6.42 Å². The summed E-state index contributed by atoms with van der Waals surface area (Å²) in [5.74, 6) is 1.49. The van der Waals surface area contributed by atoms with Gasteiger partial charge in [-0.3, -0.25) is 0 Å². The van der Waals surface area contributed by atoms with Gasteiger partial charge in [0.1, 0.15) is 11.5 Å². The van der Waals surface area contributed by atoms with Crippen molar-refractivity contribution in [1.82, 2.24) is 0 Å². The average Bonchev–Trinajstić information content (AvgIpc) is 2.47. The molecule has 0 amide bonds. The van der Waals surface area contributed by atoms with Gasteiger partial charge in [-0.2, -0.15) is 5.26 Å². The quantitative estimate of drug-likeness (QED) is 0.891. The topological polar surface area (TPSA) is 53.2 Å². The van der Waals surface area contributed by atoms with Crippen LogP contribution in [0.4, 0.5) is 0 Å². The number of rotatable bonds is 5. The van der Waals surface area contributed by atoms with Crippen LogP contribution in [0.15, 0.2) is 54.6 Å². The minimum absolute atomic E-state index is 0.329. The van der Waals surface area contributed by atoms with E-state index in [0.29, 0.717) is 12.8 Å². The second-order valence-corrected chi connectivity index (χ2v) is 4.87. The molecule has 3 nitrogen and oxygen atoms in total. The number of para-hydroxylation sites is 1. The van der Waals surface area contributed by atoms with E-state index >= 15 is 0 Å². The van der Waals surface area contributed by atoms with Gasteiger partial charge in [0.15, 0.2) is 0 Å². The third-order valence-electron chi connectivity index (χ3n) is 3.18. The number of nitriles is 1. The van der Waals surface area contributed by atoms with Crippen LogP contribution in [0.2, 0.25) is 0 Å². The van der Waals surface area contributed by atoms with Gasteiger partial charge in [0.05, 0.1) is 11.7 Å². The van der Waals surface area contributed by atoms with Crippen molar-refractivity contribution in [3.8, 4) is 17.6 Å². The zero-order valence-corrected chi connectivity index (χ0v) is 11.4. The van der Waals surface area contributed by atoms with Crippen molar-refractivity contribution in [2.75, 3.05) is 0 Å². The van der Waals surface area contributed by atoms with Gasteiger partial charge in [0.25, 0.3) is 0 Å². The van der Waals surface area contributed by atoms with E-state index in [4.69, 9.17) is 10.00 Å². The first-order chi connectivity index (χ1) is 9.62. The molecule has 0 aromatic heterocycles. The molecule has 0 aliphatic carbocycles. The van der Waals surface area contributed by atoms with Crippen molar-refractivity contribution < 1.29 is 9.84 Å². The maximum Gasteiger partial charge on any atom is 0.127 e. The zero-order valence-electron chi connectivity index (χ0n) is 11.4. The van der Waals surface area contributed by atoms with Crippen LogP contribution in [0.1, 0.15) is 25.3 Å². The van der Waals surface area contributed by atoms with Crippen LogP contribution in [-0.2, 0) is 5.60 Å². The number of ether oxygens (including phenoxy) is 1. The van der Waals surface area contributed by atoms with E-state index in [1.165, 1.54) is 0 Å². The van der Waals surface area contributed by atoms with Crippen molar-refractivity contribution in [3.05, 3.63) is 60.2 Å². The van der Waals surface area contributed by atoms with E-state index in [0.717, 1.165) is 17.1 Å². The fraction of sp³-hybridized carbons (Fsp3) is 0.235. The molecule has 3 heteroatoms. The Balaban J connectivity index is 2.08. The van der Waals surface area contributed by atoms with Crippen molar-refractivity contribution in [2.45, 2.75) is 25.4 Å². The Labute approximate surface area is 119 Å². The Morgan fingerprint density at radius 3 is 2.25 bits per heavy atom. The van der Waals surface area contributed by atoms with Crippen LogP contribution in [0.5, 0.6) is 11.5 Å². The summed E-state index contributed by atoms with van der Waals surface area (Å²) in [7, 11) is 0. The van der Waals surface area contributed by atoms with E-state index in [9.17, 15) is 5.11 Å². The van der Waals surface area contributed by atoms with Crippen molar-refractivity contribution in [2.24, 2.45) is 0 Å². The van der Waals surface area contributed by atoms with Gasteiger partial charge in [-0.15, -0.1) is 0 Å². The first-order valence-corrected chi connectivity index (χ1v) is 6.54. The Bertz CT molecular complexity index is 583. The molecule has 2 aromatic rings. The predicted molar refractivity (Wildman–Crippen MR) is 77.4 cm³/mol. The summed E-state index contributed by atoms with van der Waals surface area (Å²) in [6, 6.07) is 18.9. The van der Waals surface area contributed by atoms with E-state index in [1.54, 1.807) is 6.92 Å². The lowest BCUT2D eigenvalue weighted by Crippen LogP contribution is -2.20. The molecule has 2 aromatic carbocycles. The molecule has 0 saturated carbocycles. The van der Waals surface area contributed by atoms with E-state index < -0.39 is 5.60 Å². The lowest BCUT2D eigenvalue weighted by atomic mass is 9.91. The summed E-state index contributed by atoms with van der Waals surface area (Å²) in [4.78, 5) is 0. The summed E-state index contributed by atoms with van der Waals surface area (Å²) in [6.07, 6.45) is 0.748. The van der Waals surface area contributed by atoms with Crippen LogP contribution in [0.25, 0.3) is 0 Å². The SMILES string of the molecule is CC(O)(CCC#N)c1ccc(Oc2ccccc2)cc1. The molecular weight excluding hydrogens is 250 g/mol. The number of hydrogen-bond donors (Lipinski definition) is 1. The molecule has 0 aliphatic rings. The van der Waals surface area contributed by atoms with Crippen molar-refractivity contribution in [1.29, 1.82) is 5.26 Å². The Morgan fingerprint density at radius 1 is 1.05 bits per heavy atom. The lowest BCUT2D eigenvalue weighted by Gasteiger charge is -2.22. The van der Waals surface area contributed by atoms with Gasteiger partial charge in [0.2, 0.25) is 0 Å². The van der Waals surface area contributed by atoms with Gasteiger partial charge in [-0.1, -0.05) is 30.3 Å². The van der Waals surface area contributed by atoms with Gasteiger partial charge in [-0.05, 0) is 43.2 Å². The number of benzene rings is 2. The summed E-state index contributed by atoms with van der Waals surface area (Å²) in [5, 5.41) is 18.9. The number of hydrogen-bond acceptors (Lipinski definition) is 3. The molecule has 0 heterocycles. The van der Waals surface area contributed by atoms with Gasteiger partial charge in [-0.25, -0.2) is 0 Å². The molecule has 0 saturated heterocycles. The van der Waals surface area contributed by atoms with Crippen molar-refractivity contribution >= 4 is 0 Å².